The van der Waals surface area contributed by atoms with Crippen LogP contribution in [0.3, 0.4) is 0 Å². The van der Waals surface area contributed by atoms with E-state index in [0.717, 1.165) is 36.5 Å². The maximum atomic E-state index is 11.6. The topological polar surface area (TPSA) is 79.8 Å². The van der Waals surface area contributed by atoms with Gasteiger partial charge in [0.05, 0.1) is 11.1 Å². The van der Waals surface area contributed by atoms with Gasteiger partial charge in [0.1, 0.15) is 6.17 Å². The number of carbonyl (C=O) groups is 2. The van der Waals surface area contributed by atoms with Crippen LogP contribution in [0.5, 0.6) is 0 Å². The molecule has 1 aliphatic carbocycles. The minimum atomic E-state index is -0.322. The molecular formula is C15H25N3O3S. The summed E-state index contributed by atoms with van der Waals surface area (Å²) in [6.45, 7) is 5.21. The lowest BCUT2D eigenvalue weighted by Crippen LogP contribution is -2.39. The fourth-order valence-corrected chi connectivity index (χ4v) is 3.98. The van der Waals surface area contributed by atoms with E-state index in [4.69, 9.17) is 4.74 Å². The molecule has 2 rings (SSSR count). The van der Waals surface area contributed by atoms with Crippen molar-refractivity contribution in [2.24, 2.45) is 10.9 Å². The van der Waals surface area contributed by atoms with Crippen LogP contribution in [-0.4, -0.2) is 41.1 Å². The Bertz CT molecular complexity index is 445. The van der Waals surface area contributed by atoms with Gasteiger partial charge in [-0.05, 0) is 39.5 Å². The van der Waals surface area contributed by atoms with Crippen LogP contribution in [0.15, 0.2) is 4.99 Å². The maximum Gasteiger partial charge on any atom is 0.407 e. The van der Waals surface area contributed by atoms with E-state index in [1.807, 2.05) is 13.8 Å². The van der Waals surface area contributed by atoms with Crippen molar-refractivity contribution in [1.29, 1.82) is 0 Å². The molecule has 2 N–H and O–H groups in total. The predicted molar refractivity (Wildman–Crippen MR) is 88.0 cm³/mol. The molecule has 1 unspecified atom stereocenters. The molecule has 1 heterocycles. The fraction of sp³-hybridized carbons (Fsp3) is 0.800. The summed E-state index contributed by atoms with van der Waals surface area (Å²) in [6, 6.07) is 0.195. The lowest BCUT2D eigenvalue weighted by atomic mass is 9.86. The monoisotopic (exact) mass is 327 g/mol. The van der Waals surface area contributed by atoms with E-state index in [1.54, 1.807) is 11.8 Å². The van der Waals surface area contributed by atoms with Crippen molar-refractivity contribution in [2.45, 2.75) is 64.8 Å². The predicted octanol–water partition coefficient (Wildman–Crippen LogP) is 2.29. The molecule has 6 nitrogen and oxygen atoms in total. The van der Waals surface area contributed by atoms with Crippen molar-refractivity contribution < 1.29 is 14.3 Å². The minimum Gasteiger partial charge on any atom is -0.447 e. The van der Waals surface area contributed by atoms with E-state index in [0.29, 0.717) is 5.92 Å². The first-order valence-corrected chi connectivity index (χ1v) is 8.87. The largest absolute Gasteiger partial charge is 0.447 e. The molecule has 7 heteroatoms. The zero-order valence-electron chi connectivity index (χ0n) is 13.4. The van der Waals surface area contributed by atoms with Crippen molar-refractivity contribution >= 4 is 28.8 Å². The van der Waals surface area contributed by atoms with Crippen LogP contribution in [0.2, 0.25) is 0 Å². The second kappa shape index (κ2) is 7.85. The number of alkyl carbamates (subject to hydrolysis) is 1. The van der Waals surface area contributed by atoms with Gasteiger partial charge in [-0.25, -0.2) is 4.79 Å². The third-order valence-corrected chi connectivity index (χ3v) is 5.00. The third-order valence-electron chi connectivity index (χ3n) is 3.78. The van der Waals surface area contributed by atoms with Gasteiger partial charge in [-0.1, -0.05) is 0 Å². The summed E-state index contributed by atoms with van der Waals surface area (Å²) in [5.41, 5.74) is 0. The summed E-state index contributed by atoms with van der Waals surface area (Å²) in [6.07, 6.45) is 3.44. The molecule has 1 saturated carbocycles. The van der Waals surface area contributed by atoms with Crippen LogP contribution in [0.1, 0.15) is 46.5 Å². The first kappa shape index (κ1) is 17.1. The molecule has 0 spiro atoms. The van der Waals surface area contributed by atoms with Crippen LogP contribution in [0, 0.1) is 5.92 Å². The van der Waals surface area contributed by atoms with Crippen LogP contribution >= 0.6 is 11.8 Å². The van der Waals surface area contributed by atoms with Gasteiger partial charge in [-0.3, -0.25) is 9.79 Å². The van der Waals surface area contributed by atoms with Crippen molar-refractivity contribution in [1.82, 2.24) is 10.6 Å². The molecule has 0 radical (unpaired) electrons. The van der Waals surface area contributed by atoms with E-state index in [9.17, 15) is 9.59 Å². The third kappa shape index (κ3) is 5.19. The number of rotatable bonds is 4. The molecule has 22 heavy (non-hydrogen) atoms. The number of thioether (sulfide) groups is 1. The van der Waals surface area contributed by atoms with Crippen molar-refractivity contribution in [3.8, 4) is 0 Å². The SMILES string of the molecule is CC(=O)NC1CSC(C2CCC(NC(=O)OC(C)C)CC2)=N1. The van der Waals surface area contributed by atoms with Crippen LogP contribution in [0.25, 0.3) is 0 Å². The Balaban J connectivity index is 1.75. The molecule has 2 aliphatic rings. The highest BCUT2D eigenvalue weighted by Gasteiger charge is 2.30. The van der Waals surface area contributed by atoms with Gasteiger partial charge in [0.25, 0.3) is 0 Å². The lowest BCUT2D eigenvalue weighted by Gasteiger charge is -2.28. The molecule has 1 atom stereocenters. The maximum absolute atomic E-state index is 11.6. The first-order valence-electron chi connectivity index (χ1n) is 7.88. The zero-order chi connectivity index (χ0) is 16.1. The van der Waals surface area contributed by atoms with Crippen LogP contribution in [0.4, 0.5) is 4.79 Å². The highest BCUT2D eigenvalue weighted by Crippen LogP contribution is 2.32. The number of hydrogen-bond donors (Lipinski definition) is 2. The standard InChI is InChI=1S/C15H25N3O3S/c1-9(2)21-15(20)17-12-6-4-11(5-7-12)14-18-13(8-22-14)16-10(3)19/h9,11-13H,4-8H2,1-3H3,(H,16,19)(H,17,20). The van der Waals surface area contributed by atoms with Crippen molar-refractivity contribution in [2.75, 3.05) is 5.75 Å². The molecule has 124 valence electrons. The quantitative estimate of drug-likeness (QED) is 0.830. The van der Waals surface area contributed by atoms with E-state index >= 15 is 0 Å². The smallest absolute Gasteiger partial charge is 0.407 e. The fourth-order valence-electron chi connectivity index (χ4n) is 2.82. The lowest BCUT2D eigenvalue weighted by molar-refractivity contribution is -0.119. The normalized spacial score (nSPS) is 28.2. The average Bonchev–Trinajstić information content (AvgIpc) is 2.86. The number of aliphatic imine (C=N–C) groups is 1. The Morgan fingerprint density at radius 2 is 1.91 bits per heavy atom. The van der Waals surface area contributed by atoms with Crippen molar-refractivity contribution in [3.63, 3.8) is 0 Å². The molecule has 0 saturated heterocycles. The zero-order valence-corrected chi connectivity index (χ0v) is 14.2. The van der Waals surface area contributed by atoms with Gasteiger partial charge < -0.3 is 15.4 Å². The summed E-state index contributed by atoms with van der Waals surface area (Å²) in [5.74, 6) is 1.25. The van der Waals surface area contributed by atoms with Gasteiger partial charge in [-0.15, -0.1) is 11.8 Å². The molecule has 1 fully saturated rings. The summed E-state index contributed by atoms with van der Waals surface area (Å²) in [5, 5.41) is 6.93. The molecule has 0 aromatic rings. The molecule has 0 bridgehead atoms. The van der Waals surface area contributed by atoms with Gasteiger partial charge >= 0.3 is 6.09 Å². The van der Waals surface area contributed by atoms with Gasteiger partial charge in [0.15, 0.2) is 0 Å². The Labute approximate surface area is 135 Å². The van der Waals surface area contributed by atoms with E-state index in [1.165, 1.54) is 6.92 Å². The second-order valence-electron chi connectivity index (χ2n) is 6.14. The second-order valence-corrected chi connectivity index (χ2v) is 7.18. The van der Waals surface area contributed by atoms with E-state index in [2.05, 4.69) is 15.6 Å². The Morgan fingerprint density at radius 3 is 2.50 bits per heavy atom. The molecular weight excluding hydrogens is 302 g/mol. The minimum absolute atomic E-state index is 0.0350. The summed E-state index contributed by atoms with van der Waals surface area (Å²) >= 11 is 1.75. The average molecular weight is 327 g/mol. The highest BCUT2D eigenvalue weighted by molar-refractivity contribution is 8.14. The van der Waals surface area contributed by atoms with Crippen molar-refractivity contribution in [3.05, 3.63) is 0 Å². The molecule has 2 amide bonds. The number of amides is 2. The Morgan fingerprint density at radius 1 is 1.23 bits per heavy atom. The Kier molecular flexibility index (Phi) is 6.11. The van der Waals surface area contributed by atoms with Gasteiger partial charge in [-0.2, -0.15) is 0 Å². The number of nitrogens with one attached hydrogen (secondary N) is 2. The first-order chi connectivity index (χ1) is 10.4. The summed E-state index contributed by atoms with van der Waals surface area (Å²) < 4.78 is 5.11. The summed E-state index contributed by atoms with van der Waals surface area (Å²) in [7, 11) is 0. The number of ether oxygens (including phenoxy) is 1. The Hall–Kier alpha value is -1.24. The summed E-state index contributed by atoms with van der Waals surface area (Å²) in [4.78, 5) is 27.3. The molecule has 0 aromatic heterocycles. The number of carbonyl (C=O) groups excluding carboxylic acids is 2. The van der Waals surface area contributed by atoms with E-state index < -0.39 is 0 Å². The van der Waals surface area contributed by atoms with Gasteiger partial charge in [0.2, 0.25) is 5.91 Å². The van der Waals surface area contributed by atoms with Crippen LogP contribution in [-0.2, 0) is 9.53 Å². The van der Waals surface area contributed by atoms with Gasteiger partial charge in [0, 0.05) is 24.6 Å². The van der Waals surface area contributed by atoms with Crippen LogP contribution < -0.4 is 10.6 Å². The highest BCUT2D eigenvalue weighted by atomic mass is 32.2. The molecule has 1 aliphatic heterocycles. The number of hydrogen-bond acceptors (Lipinski definition) is 5. The van der Waals surface area contributed by atoms with E-state index in [-0.39, 0.29) is 30.3 Å². The molecule has 0 aromatic carbocycles. The number of nitrogens with zero attached hydrogens (tertiary/aromatic N) is 1.